The SMILES string of the molecule is CNS(=O)(=O)c1ccc(OCC(F)(F)F)c(N)c1.COc1cc2ncnc(Cl)c2cc1I. The van der Waals surface area contributed by atoms with Gasteiger partial charge in [-0.05, 0) is 53.9 Å². The number of hydrogen-bond donors (Lipinski definition) is 2. The third-order valence-corrected chi connectivity index (χ3v) is 6.37. The number of aromatic nitrogens is 2. The summed E-state index contributed by atoms with van der Waals surface area (Å²) in [5, 5.41) is 1.31. The molecule has 0 saturated carbocycles. The number of fused-ring (bicyclic) bond motifs is 1. The van der Waals surface area contributed by atoms with Crippen LogP contribution in [0, 0.1) is 3.57 Å². The normalized spacial score (nSPS) is 11.6. The van der Waals surface area contributed by atoms with Crippen molar-refractivity contribution in [2.24, 2.45) is 0 Å². The van der Waals surface area contributed by atoms with E-state index in [0.717, 1.165) is 38.4 Å². The van der Waals surface area contributed by atoms with Gasteiger partial charge in [0.1, 0.15) is 23.0 Å². The minimum Gasteiger partial charge on any atom is -0.496 e. The molecule has 0 aliphatic carbocycles. The Balaban J connectivity index is 0.000000233. The highest BCUT2D eigenvalue weighted by Gasteiger charge is 2.28. The zero-order chi connectivity index (χ0) is 24.1. The van der Waals surface area contributed by atoms with E-state index >= 15 is 0 Å². The summed E-state index contributed by atoms with van der Waals surface area (Å²) in [4.78, 5) is 7.88. The van der Waals surface area contributed by atoms with Crippen LogP contribution < -0.4 is 19.9 Å². The standard InChI is InChI=1S/C9H6ClIN2O.C9H11F3N2O3S/c1-14-8-3-7-5(2-6(8)11)9(10)13-4-12-7;1-14-18(15,16)6-2-3-8(7(13)4-6)17-5-9(10,11)12/h2-4H,1H3;2-4,14H,5,13H2,1H3. The van der Waals surface area contributed by atoms with Crippen molar-refractivity contribution in [2.75, 3.05) is 26.5 Å². The van der Waals surface area contributed by atoms with Crippen LogP contribution >= 0.6 is 34.2 Å². The van der Waals surface area contributed by atoms with E-state index in [2.05, 4.69) is 42.0 Å². The van der Waals surface area contributed by atoms with E-state index in [1.807, 2.05) is 12.1 Å². The van der Waals surface area contributed by atoms with Crippen LogP contribution in [0.25, 0.3) is 10.9 Å². The van der Waals surface area contributed by atoms with E-state index in [1.54, 1.807) is 7.11 Å². The molecule has 3 N–H and O–H groups in total. The first kappa shape index (κ1) is 26.2. The minimum atomic E-state index is -4.48. The number of nitrogen functional groups attached to an aromatic ring is 1. The fourth-order valence-electron chi connectivity index (χ4n) is 2.29. The molecule has 174 valence electrons. The van der Waals surface area contributed by atoms with Gasteiger partial charge >= 0.3 is 6.18 Å². The van der Waals surface area contributed by atoms with Gasteiger partial charge in [-0.15, -0.1) is 0 Å². The van der Waals surface area contributed by atoms with Crippen LogP contribution in [-0.4, -0.2) is 45.3 Å². The molecule has 0 spiro atoms. The number of anilines is 1. The van der Waals surface area contributed by atoms with E-state index in [1.165, 1.54) is 13.4 Å². The lowest BCUT2D eigenvalue weighted by atomic mass is 10.2. The molecule has 3 aromatic rings. The van der Waals surface area contributed by atoms with Crippen molar-refractivity contribution in [1.29, 1.82) is 0 Å². The summed E-state index contributed by atoms with van der Waals surface area (Å²) < 4.78 is 71.2. The number of nitrogens with one attached hydrogen (secondary N) is 1. The Kier molecular flexibility index (Phi) is 8.73. The van der Waals surface area contributed by atoms with Crippen molar-refractivity contribution in [1.82, 2.24) is 14.7 Å². The van der Waals surface area contributed by atoms with Gasteiger partial charge < -0.3 is 15.2 Å². The lowest BCUT2D eigenvalue weighted by Crippen LogP contribution is -2.20. The summed E-state index contributed by atoms with van der Waals surface area (Å²) in [5.74, 6) is 0.579. The van der Waals surface area contributed by atoms with E-state index in [4.69, 9.17) is 22.1 Å². The Hall–Kier alpha value is -2.10. The molecule has 1 aromatic heterocycles. The Bertz CT molecular complexity index is 1210. The third kappa shape index (κ3) is 6.95. The van der Waals surface area contributed by atoms with Crippen LogP contribution in [-0.2, 0) is 10.0 Å². The molecule has 2 aromatic carbocycles. The maximum atomic E-state index is 11.9. The summed E-state index contributed by atoms with van der Waals surface area (Å²) in [6, 6.07) is 6.97. The lowest BCUT2D eigenvalue weighted by Gasteiger charge is -2.12. The second kappa shape index (κ2) is 10.7. The number of benzene rings is 2. The molecule has 32 heavy (non-hydrogen) atoms. The smallest absolute Gasteiger partial charge is 0.422 e. The number of ether oxygens (including phenoxy) is 2. The molecule has 0 saturated heterocycles. The van der Waals surface area contributed by atoms with E-state index < -0.39 is 22.8 Å². The molecule has 1 heterocycles. The van der Waals surface area contributed by atoms with Gasteiger partial charge in [0.2, 0.25) is 10.0 Å². The van der Waals surface area contributed by atoms with Gasteiger partial charge in [-0.1, -0.05) is 11.6 Å². The predicted octanol–water partition coefficient (Wildman–Crippen LogP) is 4.01. The molecule has 0 aliphatic heterocycles. The number of hydrogen-bond acceptors (Lipinski definition) is 7. The monoisotopic (exact) mass is 604 g/mol. The Labute approximate surface area is 200 Å². The first-order valence-electron chi connectivity index (χ1n) is 8.54. The van der Waals surface area contributed by atoms with E-state index in [-0.39, 0.29) is 16.3 Å². The fourth-order valence-corrected chi connectivity index (χ4v) is 3.93. The van der Waals surface area contributed by atoms with Gasteiger partial charge in [-0.25, -0.2) is 23.1 Å². The summed E-state index contributed by atoms with van der Waals surface area (Å²) in [6.07, 6.45) is -3.04. The maximum Gasteiger partial charge on any atom is 0.422 e. The quantitative estimate of drug-likeness (QED) is 0.257. The van der Waals surface area contributed by atoms with Crippen molar-refractivity contribution < 1.29 is 31.1 Å². The van der Waals surface area contributed by atoms with Crippen molar-refractivity contribution in [2.45, 2.75) is 11.1 Å². The molecular weight excluding hydrogens is 588 g/mol. The molecule has 14 heteroatoms. The predicted molar refractivity (Wildman–Crippen MR) is 122 cm³/mol. The van der Waals surface area contributed by atoms with Gasteiger partial charge in [-0.3, -0.25) is 0 Å². The zero-order valence-electron chi connectivity index (χ0n) is 16.6. The molecular formula is C18H17ClF3IN4O4S. The van der Waals surface area contributed by atoms with Gasteiger partial charge in [-0.2, -0.15) is 13.2 Å². The molecule has 0 atom stereocenters. The zero-order valence-corrected chi connectivity index (χ0v) is 20.3. The number of halogens is 5. The second-order valence-electron chi connectivity index (χ2n) is 5.98. The van der Waals surface area contributed by atoms with Crippen LogP contribution in [0.15, 0.2) is 41.6 Å². The number of sulfonamides is 1. The summed E-state index contributed by atoms with van der Waals surface area (Å²) in [7, 11) is -0.850. The van der Waals surface area contributed by atoms with Crippen LogP contribution in [0.4, 0.5) is 18.9 Å². The van der Waals surface area contributed by atoms with Crippen molar-refractivity contribution in [3.05, 3.63) is 45.4 Å². The first-order chi connectivity index (χ1) is 14.9. The molecule has 0 bridgehead atoms. The van der Waals surface area contributed by atoms with Crippen LogP contribution in [0.3, 0.4) is 0 Å². The molecule has 0 fully saturated rings. The first-order valence-corrected chi connectivity index (χ1v) is 11.5. The molecule has 0 radical (unpaired) electrons. The molecule has 0 unspecified atom stereocenters. The van der Waals surface area contributed by atoms with Crippen molar-refractivity contribution >= 4 is 60.8 Å². The second-order valence-corrected chi connectivity index (χ2v) is 9.39. The minimum absolute atomic E-state index is 0.151. The van der Waals surface area contributed by atoms with Crippen molar-refractivity contribution in [3.63, 3.8) is 0 Å². The van der Waals surface area contributed by atoms with E-state index in [9.17, 15) is 21.6 Å². The average Bonchev–Trinajstić information content (AvgIpc) is 2.73. The fraction of sp³-hybridized carbons (Fsp3) is 0.222. The topological polar surface area (TPSA) is 116 Å². The van der Waals surface area contributed by atoms with Crippen molar-refractivity contribution in [3.8, 4) is 11.5 Å². The van der Waals surface area contributed by atoms with Gasteiger partial charge in [0, 0.05) is 11.5 Å². The Morgan fingerprint density at radius 1 is 1.19 bits per heavy atom. The summed E-state index contributed by atoms with van der Waals surface area (Å²) in [5.41, 5.74) is 6.03. The van der Waals surface area contributed by atoms with E-state index in [0.29, 0.717) is 5.15 Å². The third-order valence-electron chi connectivity index (χ3n) is 3.81. The molecule has 0 aliphatic rings. The number of nitrogens with two attached hydrogens (primary N) is 1. The van der Waals surface area contributed by atoms with Gasteiger partial charge in [0.15, 0.2) is 6.61 Å². The lowest BCUT2D eigenvalue weighted by molar-refractivity contribution is -0.153. The summed E-state index contributed by atoms with van der Waals surface area (Å²) in [6.45, 7) is -1.49. The highest BCUT2D eigenvalue weighted by molar-refractivity contribution is 14.1. The highest BCUT2D eigenvalue weighted by Crippen LogP contribution is 2.29. The van der Waals surface area contributed by atoms with Crippen LogP contribution in [0.5, 0.6) is 11.5 Å². The van der Waals surface area contributed by atoms with Gasteiger partial charge in [0.05, 0.1) is 26.8 Å². The largest absolute Gasteiger partial charge is 0.496 e. The number of nitrogens with zero attached hydrogens (tertiary/aromatic N) is 2. The Morgan fingerprint density at radius 2 is 1.88 bits per heavy atom. The number of methoxy groups -OCH3 is 1. The molecule has 0 amide bonds. The summed E-state index contributed by atoms with van der Waals surface area (Å²) >= 11 is 8.12. The molecule has 8 nitrogen and oxygen atoms in total. The maximum absolute atomic E-state index is 11.9. The molecule has 3 rings (SSSR count). The van der Waals surface area contributed by atoms with Crippen LogP contribution in [0.2, 0.25) is 5.15 Å². The average molecular weight is 605 g/mol. The van der Waals surface area contributed by atoms with Gasteiger partial charge in [0.25, 0.3) is 0 Å². The Morgan fingerprint density at radius 3 is 2.44 bits per heavy atom. The number of alkyl halides is 3. The van der Waals surface area contributed by atoms with Crippen LogP contribution in [0.1, 0.15) is 0 Å². The highest BCUT2D eigenvalue weighted by atomic mass is 127. The number of rotatable bonds is 5.